The Morgan fingerprint density at radius 3 is 2.27 bits per heavy atom. The fraction of sp³-hybridized carbons (Fsp3) is 0.778. The standard InChI is InChI=1S/C36H57IN2O10/c1-11-25-35(6,44)30(41)21(5)39(10)17-18(2)27-26(33(43)47-25)28(40)20(4)31(36(27,7)45)49-34-29(24(38(8)9)16-19(3)46-34)48-32(42)22-12-14-23(37)15-13-22/h12-15,18-21,24-31,34,40-41,44-45H,11,16-17H2,1-10H3/t18-,19+,20-,21+,24-,25+,26+,27?,28-,29+,30+,31+,34-,35+,36+/m0/s1. The maximum absolute atomic E-state index is 14.1. The molecule has 3 aliphatic rings. The molecule has 1 unspecified atom stereocenters. The lowest BCUT2D eigenvalue weighted by Gasteiger charge is -2.55. The van der Waals surface area contributed by atoms with Crippen molar-refractivity contribution in [2.45, 2.75) is 128 Å². The van der Waals surface area contributed by atoms with Gasteiger partial charge in [0, 0.05) is 28.0 Å². The third-order valence-electron chi connectivity index (χ3n) is 11.4. The van der Waals surface area contributed by atoms with Crippen molar-refractivity contribution < 1.29 is 49.0 Å². The maximum atomic E-state index is 14.1. The van der Waals surface area contributed by atoms with Crippen LogP contribution in [-0.2, 0) is 23.7 Å². The second kappa shape index (κ2) is 15.7. The highest BCUT2D eigenvalue weighted by Gasteiger charge is 2.62. The fourth-order valence-electron chi connectivity index (χ4n) is 8.46. The van der Waals surface area contributed by atoms with Gasteiger partial charge in [-0.05, 0) is 114 Å². The van der Waals surface area contributed by atoms with Crippen LogP contribution < -0.4 is 0 Å². The molecule has 0 radical (unpaired) electrons. The second-order valence-electron chi connectivity index (χ2n) is 15.3. The lowest BCUT2D eigenvalue weighted by atomic mass is 9.59. The number of carbonyl (C=O) groups excluding carboxylic acids is 2. The van der Waals surface area contributed by atoms with Crippen molar-refractivity contribution in [2.24, 2.45) is 23.7 Å². The van der Waals surface area contributed by atoms with E-state index in [9.17, 15) is 30.0 Å². The lowest BCUT2D eigenvalue weighted by Crippen LogP contribution is -2.68. The fourth-order valence-corrected chi connectivity index (χ4v) is 8.82. The Morgan fingerprint density at radius 1 is 1.08 bits per heavy atom. The molecule has 49 heavy (non-hydrogen) atoms. The Hall–Kier alpha value is -1.43. The predicted octanol–water partition coefficient (Wildman–Crippen LogP) is 2.66. The summed E-state index contributed by atoms with van der Waals surface area (Å²) in [6.45, 7) is 12.4. The van der Waals surface area contributed by atoms with Crippen LogP contribution in [0.25, 0.3) is 0 Å². The molecule has 0 bridgehead atoms. The van der Waals surface area contributed by atoms with Crippen molar-refractivity contribution in [2.75, 3.05) is 27.7 Å². The van der Waals surface area contributed by atoms with E-state index in [1.165, 1.54) is 6.92 Å². The van der Waals surface area contributed by atoms with Gasteiger partial charge in [0.15, 0.2) is 12.4 Å². The van der Waals surface area contributed by atoms with Gasteiger partial charge in [-0.2, -0.15) is 0 Å². The second-order valence-corrected chi connectivity index (χ2v) is 16.5. The molecule has 0 spiro atoms. The molecule has 1 aliphatic carbocycles. The van der Waals surface area contributed by atoms with E-state index in [1.807, 2.05) is 56.9 Å². The first-order valence-corrected chi connectivity index (χ1v) is 18.5. The van der Waals surface area contributed by atoms with E-state index in [0.29, 0.717) is 18.5 Å². The first kappa shape index (κ1) is 40.3. The van der Waals surface area contributed by atoms with E-state index in [0.717, 1.165) is 3.57 Å². The number of fused-ring (bicyclic) bond motifs is 1. The molecule has 2 saturated heterocycles. The minimum atomic E-state index is -1.77. The van der Waals surface area contributed by atoms with Crippen molar-refractivity contribution in [3.05, 3.63) is 33.4 Å². The number of hydrogen-bond donors (Lipinski definition) is 4. The van der Waals surface area contributed by atoms with Crippen LogP contribution in [0.1, 0.15) is 71.7 Å². The molecular weight excluding hydrogens is 747 g/mol. The Morgan fingerprint density at radius 2 is 1.69 bits per heavy atom. The number of benzene rings is 1. The van der Waals surface area contributed by atoms with Crippen LogP contribution in [0.2, 0.25) is 0 Å². The average Bonchev–Trinajstić information content (AvgIpc) is 3.03. The number of aliphatic hydroxyl groups is 4. The van der Waals surface area contributed by atoms with Gasteiger partial charge in [-0.1, -0.05) is 20.8 Å². The molecule has 12 nitrogen and oxygen atoms in total. The molecule has 2 aliphatic heterocycles. The Labute approximate surface area is 304 Å². The summed E-state index contributed by atoms with van der Waals surface area (Å²) in [6, 6.07) is 6.22. The summed E-state index contributed by atoms with van der Waals surface area (Å²) >= 11 is 2.17. The predicted molar refractivity (Wildman–Crippen MR) is 190 cm³/mol. The van der Waals surface area contributed by atoms with Gasteiger partial charge in [0.1, 0.15) is 17.8 Å². The van der Waals surface area contributed by atoms with Crippen LogP contribution in [0.3, 0.4) is 0 Å². The van der Waals surface area contributed by atoms with E-state index in [2.05, 4.69) is 22.6 Å². The number of hydrogen-bond acceptors (Lipinski definition) is 12. The molecule has 13 heteroatoms. The zero-order valence-corrected chi connectivity index (χ0v) is 32.6. The van der Waals surface area contributed by atoms with Crippen LogP contribution in [0.5, 0.6) is 0 Å². The first-order valence-electron chi connectivity index (χ1n) is 17.4. The summed E-state index contributed by atoms with van der Waals surface area (Å²) in [7, 11) is 5.60. The maximum Gasteiger partial charge on any atom is 0.338 e. The van der Waals surface area contributed by atoms with Crippen molar-refractivity contribution in [3.8, 4) is 0 Å². The smallest absolute Gasteiger partial charge is 0.338 e. The molecule has 3 fully saturated rings. The number of halogens is 1. The summed E-state index contributed by atoms with van der Waals surface area (Å²) in [5.74, 6) is -4.55. The van der Waals surface area contributed by atoms with Gasteiger partial charge in [-0.25, -0.2) is 4.79 Å². The van der Waals surface area contributed by atoms with E-state index in [-0.39, 0.29) is 18.6 Å². The number of cyclic esters (lactones) is 1. The highest BCUT2D eigenvalue weighted by molar-refractivity contribution is 14.1. The van der Waals surface area contributed by atoms with Crippen LogP contribution >= 0.6 is 22.6 Å². The molecule has 1 aromatic rings. The SMILES string of the molecule is CC[C@H]1OC(=O)[C@@H]2C([C@@H](C)CN(C)[C@H](C)[C@@H](O)[C@]1(C)O)[C@@](C)(O)[C@H](O[C@@H]1O[C@H](C)C[C@H](N(C)C)[C@H]1OC(=O)c1ccc(I)cc1)[C@@H](C)[C@@H]2O. The number of rotatable bonds is 6. The number of likely N-dealkylation sites (N-methyl/N-ethyl adjacent to an activating group) is 2. The number of esters is 2. The van der Waals surface area contributed by atoms with Crippen molar-refractivity contribution in [1.29, 1.82) is 0 Å². The molecule has 4 rings (SSSR count). The topological polar surface area (TPSA) is 158 Å². The molecule has 4 N–H and O–H groups in total. The molecule has 0 aromatic heterocycles. The molecule has 278 valence electrons. The van der Waals surface area contributed by atoms with Gasteiger partial charge in [-0.3, -0.25) is 4.79 Å². The van der Waals surface area contributed by atoms with E-state index in [4.69, 9.17) is 18.9 Å². The van der Waals surface area contributed by atoms with E-state index < -0.39 is 89.7 Å². The van der Waals surface area contributed by atoms with Crippen molar-refractivity contribution in [1.82, 2.24) is 9.80 Å². The molecule has 1 saturated carbocycles. The molecule has 15 atom stereocenters. The lowest BCUT2D eigenvalue weighted by molar-refractivity contribution is -0.318. The van der Waals surface area contributed by atoms with Crippen LogP contribution in [0, 0.1) is 27.2 Å². The highest BCUT2D eigenvalue weighted by Crippen LogP contribution is 2.49. The van der Waals surface area contributed by atoms with E-state index in [1.54, 1.807) is 39.8 Å². The summed E-state index contributed by atoms with van der Waals surface area (Å²) in [5, 5.41) is 47.2. The Kier molecular flexibility index (Phi) is 12.9. The van der Waals surface area contributed by atoms with E-state index >= 15 is 0 Å². The zero-order chi connectivity index (χ0) is 36.7. The molecular formula is C36H57IN2O10. The van der Waals surface area contributed by atoms with Gasteiger partial charge in [0.25, 0.3) is 0 Å². The van der Waals surface area contributed by atoms with Crippen molar-refractivity contribution in [3.63, 3.8) is 0 Å². The zero-order valence-electron chi connectivity index (χ0n) is 30.4. The van der Waals surface area contributed by atoms with Gasteiger partial charge in [-0.15, -0.1) is 0 Å². The number of nitrogens with zero attached hydrogens (tertiary/aromatic N) is 2. The van der Waals surface area contributed by atoms with Crippen molar-refractivity contribution >= 4 is 34.5 Å². The third kappa shape index (κ3) is 8.15. The van der Waals surface area contributed by atoms with Crippen LogP contribution in [0.4, 0.5) is 0 Å². The van der Waals surface area contributed by atoms with Crippen LogP contribution in [-0.4, -0.2) is 136 Å². The Balaban J connectivity index is 1.73. The highest BCUT2D eigenvalue weighted by atomic mass is 127. The number of carbonyl (C=O) groups is 2. The molecule has 1 aromatic carbocycles. The minimum Gasteiger partial charge on any atom is -0.459 e. The van der Waals surface area contributed by atoms with Gasteiger partial charge in [0.2, 0.25) is 0 Å². The summed E-state index contributed by atoms with van der Waals surface area (Å²) < 4.78 is 26.0. The third-order valence-corrected chi connectivity index (χ3v) is 12.1. The average molecular weight is 805 g/mol. The summed E-state index contributed by atoms with van der Waals surface area (Å²) in [6.07, 6.45) is -6.16. The van der Waals surface area contributed by atoms with Gasteiger partial charge >= 0.3 is 11.9 Å². The normalized spacial score (nSPS) is 44.1. The Bertz CT molecular complexity index is 1290. The number of aliphatic hydroxyl groups excluding tert-OH is 2. The monoisotopic (exact) mass is 804 g/mol. The summed E-state index contributed by atoms with van der Waals surface area (Å²) in [4.78, 5) is 31.3. The number of ether oxygens (including phenoxy) is 4. The van der Waals surface area contributed by atoms with Crippen LogP contribution in [0.15, 0.2) is 24.3 Å². The molecule has 2 heterocycles. The first-order chi connectivity index (χ1) is 22.7. The molecule has 0 amide bonds. The quantitative estimate of drug-likeness (QED) is 0.247. The van der Waals surface area contributed by atoms with Gasteiger partial charge in [0.05, 0.1) is 41.4 Å². The van der Waals surface area contributed by atoms with Gasteiger partial charge < -0.3 is 49.2 Å². The minimum absolute atomic E-state index is 0.222. The largest absolute Gasteiger partial charge is 0.459 e. The summed E-state index contributed by atoms with van der Waals surface area (Å²) in [5.41, 5.74) is -3.11.